The molecular weight excluding hydrogens is 362 g/mol. The van der Waals surface area contributed by atoms with Crippen LogP contribution in [-0.2, 0) is 0 Å². The topological polar surface area (TPSA) is 29.1 Å². The van der Waals surface area contributed by atoms with E-state index in [1.54, 1.807) is 11.3 Å². The first-order chi connectivity index (χ1) is 13.5. The van der Waals surface area contributed by atoms with Gasteiger partial charge in [0.25, 0.3) is 5.91 Å². The number of rotatable bonds is 7. The molecule has 1 aromatic carbocycles. The van der Waals surface area contributed by atoms with Crippen molar-refractivity contribution in [1.82, 2.24) is 5.32 Å². The summed E-state index contributed by atoms with van der Waals surface area (Å²) in [5.74, 6) is 2.11. The summed E-state index contributed by atoms with van der Waals surface area (Å²) in [4.78, 5) is 13.2. The van der Waals surface area contributed by atoms with Gasteiger partial charge in [0.2, 0.25) is 0 Å². The molecule has 3 heteroatoms. The minimum absolute atomic E-state index is 0.114. The van der Waals surface area contributed by atoms with Gasteiger partial charge in [-0.3, -0.25) is 4.79 Å². The summed E-state index contributed by atoms with van der Waals surface area (Å²) in [5.41, 5.74) is 1.20. The Morgan fingerprint density at radius 2 is 2.07 bits per heavy atom. The molecule has 3 fully saturated rings. The Kier molecular flexibility index (Phi) is 5.64. The number of unbranched alkanes of at least 4 members (excludes halogenated alkanes) is 2. The van der Waals surface area contributed by atoms with Crippen LogP contribution in [0.25, 0.3) is 10.1 Å². The zero-order valence-corrected chi connectivity index (χ0v) is 18.2. The fourth-order valence-corrected chi connectivity index (χ4v) is 6.40. The van der Waals surface area contributed by atoms with Crippen molar-refractivity contribution in [2.75, 3.05) is 0 Å². The fraction of sp³-hybridized carbons (Fsp3) is 0.560. The molecule has 3 saturated carbocycles. The first-order valence-corrected chi connectivity index (χ1v) is 11.8. The van der Waals surface area contributed by atoms with E-state index in [9.17, 15) is 4.79 Å². The van der Waals surface area contributed by atoms with E-state index in [1.165, 1.54) is 36.8 Å². The summed E-state index contributed by atoms with van der Waals surface area (Å²) in [5, 5.41) is 6.60. The number of amides is 1. The van der Waals surface area contributed by atoms with Crippen molar-refractivity contribution in [3.8, 4) is 0 Å². The van der Waals surface area contributed by atoms with Gasteiger partial charge in [-0.15, -0.1) is 11.3 Å². The van der Waals surface area contributed by atoms with Crippen LogP contribution < -0.4 is 5.32 Å². The van der Waals surface area contributed by atoms with Crippen LogP contribution in [0.5, 0.6) is 0 Å². The largest absolute Gasteiger partial charge is 0.349 e. The summed E-state index contributed by atoms with van der Waals surface area (Å²) in [7, 11) is 0. The lowest BCUT2D eigenvalue weighted by Crippen LogP contribution is -2.63. The SMILES string of the molecule is CCCC/C=C\C[C@H]1C[C@H]2C[C@@H]([C@@H]1NC(=O)c1csc3ccccc13)C2(C)C. The van der Waals surface area contributed by atoms with Crippen molar-refractivity contribution < 1.29 is 4.79 Å². The van der Waals surface area contributed by atoms with E-state index in [0.717, 1.165) is 23.3 Å². The van der Waals surface area contributed by atoms with Gasteiger partial charge in [-0.1, -0.05) is 64.0 Å². The molecule has 0 unspecified atom stereocenters. The maximum atomic E-state index is 13.2. The zero-order chi connectivity index (χ0) is 19.7. The number of carbonyl (C=O) groups is 1. The summed E-state index contributed by atoms with van der Waals surface area (Å²) in [6.07, 6.45) is 12.0. The van der Waals surface area contributed by atoms with Gasteiger partial charge >= 0.3 is 0 Å². The third kappa shape index (κ3) is 3.54. The molecule has 0 saturated heterocycles. The Morgan fingerprint density at radius 1 is 1.25 bits per heavy atom. The number of nitrogens with one attached hydrogen (secondary N) is 1. The van der Waals surface area contributed by atoms with Crippen LogP contribution in [0.3, 0.4) is 0 Å². The molecule has 0 spiro atoms. The number of fused-ring (bicyclic) bond motifs is 3. The van der Waals surface area contributed by atoms with Crippen molar-refractivity contribution >= 4 is 27.3 Å². The third-order valence-corrected chi connectivity index (χ3v) is 8.39. The normalized spacial score (nSPS) is 28.4. The van der Waals surface area contributed by atoms with Gasteiger partial charge in [0, 0.05) is 21.5 Å². The summed E-state index contributed by atoms with van der Waals surface area (Å²) < 4.78 is 1.19. The van der Waals surface area contributed by atoms with Crippen molar-refractivity contribution in [2.24, 2.45) is 23.2 Å². The lowest BCUT2D eigenvalue weighted by molar-refractivity contribution is -0.110. The van der Waals surface area contributed by atoms with Gasteiger partial charge < -0.3 is 5.32 Å². The van der Waals surface area contributed by atoms with Crippen molar-refractivity contribution in [1.29, 1.82) is 0 Å². The molecule has 28 heavy (non-hydrogen) atoms. The van der Waals surface area contributed by atoms with E-state index in [2.05, 4.69) is 50.4 Å². The molecule has 1 N–H and O–H groups in total. The Bertz CT molecular complexity index is 864. The van der Waals surface area contributed by atoms with Crippen LogP contribution in [0.2, 0.25) is 0 Å². The number of hydrogen-bond acceptors (Lipinski definition) is 2. The zero-order valence-electron chi connectivity index (χ0n) is 17.4. The molecule has 1 heterocycles. The van der Waals surface area contributed by atoms with Gasteiger partial charge in [0.15, 0.2) is 0 Å². The lowest BCUT2D eigenvalue weighted by Gasteiger charge is -2.62. The van der Waals surface area contributed by atoms with E-state index in [4.69, 9.17) is 0 Å². The second-order valence-electron chi connectivity index (χ2n) is 9.35. The summed E-state index contributed by atoms with van der Waals surface area (Å²) in [6, 6.07) is 8.53. The molecule has 0 radical (unpaired) electrons. The smallest absolute Gasteiger partial charge is 0.252 e. The van der Waals surface area contributed by atoms with Crippen LogP contribution in [0.1, 0.15) is 69.7 Å². The molecule has 2 bridgehead atoms. The van der Waals surface area contributed by atoms with Gasteiger partial charge in [0.05, 0.1) is 5.56 Å². The number of carbonyl (C=O) groups excluding carboxylic acids is 1. The maximum Gasteiger partial charge on any atom is 0.252 e. The van der Waals surface area contributed by atoms with Crippen LogP contribution in [0.4, 0.5) is 0 Å². The van der Waals surface area contributed by atoms with E-state index >= 15 is 0 Å². The number of hydrogen-bond donors (Lipinski definition) is 1. The number of allylic oxidation sites excluding steroid dienone is 2. The molecule has 1 amide bonds. The number of thiophene rings is 1. The van der Waals surface area contributed by atoms with Crippen LogP contribution in [0.15, 0.2) is 41.8 Å². The lowest BCUT2D eigenvalue weighted by atomic mass is 9.44. The number of benzene rings is 1. The van der Waals surface area contributed by atoms with Crippen molar-refractivity contribution in [3.05, 3.63) is 47.4 Å². The van der Waals surface area contributed by atoms with Crippen LogP contribution in [0, 0.1) is 23.2 Å². The highest BCUT2D eigenvalue weighted by Crippen LogP contribution is 2.61. The molecule has 3 aliphatic carbocycles. The molecule has 2 aromatic rings. The standard InChI is InChI=1S/C25H33NOS/c1-4-5-6-7-8-11-17-14-18-15-21(25(18,2)3)23(17)26-24(27)20-16-28-22-13-10-9-12-19(20)22/h7-10,12-13,16-18,21,23H,4-6,11,14-15H2,1-3H3,(H,26,27)/b8-7-/t17-,18-,21-,23+/m0/s1. The predicted octanol–water partition coefficient (Wildman–Crippen LogP) is 6.82. The van der Waals surface area contributed by atoms with Crippen molar-refractivity contribution in [3.63, 3.8) is 0 Å². The highest BCUT2D eigenvalue weighted by atomic mass is 32.1. The average molecular weight is 396 g/mol. The quantitative estimate of drug-likeness (QED) is 0.404. The van der Waals surface area contributed by atoms with Crippen LogP contribution in [-0.4, -0.2) is 11.9 Å². The highest BCUT2D eigenvalue weighted by molar-refractivity contribution is 7.17. The van der Waals surface area contributed by atoms with E-state index < -0.39 is 0 Å². The Balaban J connectivity index is 1.50. The van der Waals surface area contributed by atoms with Crippen LogP contribution >= 0.6 is 11.3 Å². The van der Waals surface area contributed by atoms with Crippen molar-refractivity contribution in [2.45, 2.75) is 65.3 Å². The molecular formula is C25H33NOS. The maximum absolute atomic E-state index is 13.2. The first-order valence-electron chi connectivity index (χ1n) is 10.9. The Hall–Kier alpha value is -1.61. The second kappa shape index (κ2) is 8.02. The molecule has 1 aromatic heterocycles. The Labute approximate surface area is 173 Å². The third-order valence-electron chi connectivity index (χ3n) is 7.43. The molecule has 5 rings (SSSR count). The molecule has 150 valence electrons. The Morgan fingerprint density at radius 3 is 2.86 bits per heavy atom. The van der Waals surface area contributed by atoms with Gasteiger partial charge in [-0.2, -0.15) is 0 Å². The first kappa shape index (κ1) is 19.7. The minimum atomic E-state index is 0.114. The summed E-state index contributed by atoms with van der Waals surface area (Å²) >= 11 is 1.66. The minimum Gasteiger partial charge on any atom is -0.349 e. The monoisotopic (exact) mass is 395 g/mol. The van der Waals surface area contributed by atoms with Gasteiger partial charge in [0.1, 0.15) is 0 Å². The molecule has 3 aliphatic rings. The summed E-state index contributed by atoms with van der Waals surface area (Å²) in [6.45, 7) is 7.04. The van der Waals surface area contributed by atoms with Gasteiger partial charge in [-0.05, 0) is 54.9 Å². The molecule has 4 atom stereocenters. The highest BCUT2D eigenvalue weighted by Gasteiger charge is 2.57. The average Bonchev–Trinajstić information content (AvgIpc) is 3.12. The second-order valence-corrected chi connectivity index (χ2v) is 10.3. The van der Waals surface area contributed by atoms with E-state index in [1.807, 2.05) is 17.5 Å². The van der Waals surface area contributed by atoms with Gasteiger partial charge in [-0.25, -0.2) is 0 Å². The molecule has 0 aliphatic heterocycles. The predicted molar refractivity (Wildman–Crippen MR) is 120 cm³/mol. The molecule has 2 nitrogen and oxygen atoms in total. The van der Waals surface area contributed by atoms with E-state index in [0.29, 0.717) is 23.3 Å². The van der Waals surface area contributed by atoms with E-state index in [-0.39, 0.29) is 5.91 Å². The fourth-order valence-electron chi connectivity index (χ4n) is 5.46.